The zero-order chi connectivity index (χ0) is 27.6. The maximum absolute atomic E-state index is 13.5. The van der Waals surface area contributed by atoms with Gasteiger partial charge < -0.3 is 9.30 Å². The second-order valence-corrected chi connectivity index (χ2v) is 12.2. The van der Waals surface area contributed by atoms with E-state index in [0.717, 1.165) is 39.8 Å². The van der Waals surface area contributed by atoms with E-state index in [4.69, 9.17) is 4.74 Å². The van der Waals surface area contributed by atoms with Gasteiger partial charge in [0.1, 0.15) is 11.3 Å². The van der Waals surface area contributed by atoms with E-state index in [9.17, 15) is 14.4 Å². The summed E-state index contributed by atoms with van der Waals surface area (Å²) in [4.78, 5) is 40.2. The minimum absolute atomic E-state index is 0.0726. The van der Waals surface area contributed by atoms with E-state index in [1.54, 1.807) is 13.2 Å². The van der Waals surface area contributed by atoms with Crippen molar-refractivity contribution in [3.8, 4) is 11.4 Å². The van der Waals surface area contributed by atoms with Gasteiger partial charge in [0.15, 0.2) is 0 Å². The number of carbonyl (C=O) groups excluding carboxylic acids is 3. The molecule has 8 rings (SSSR count). The van der Waals surface area contributed by atoms with E-state index >= 15 is 0 Å². The van der Waals surface area contributed by atoms with Crippen molar-refractivity contribution >= 4 is 29.6 Å². The van der Waals surface area contributed by atoms with Crippen LogP contribution in [0.5, 0.6) is 5.75 Å². The van der Waals surface area contributed by atoms with Crippen LogP contribution in [0.3, 0.4) is 0 Å². The molecule has 0 radical (unpaired) electrons. The number of nitrogens with one attached hydrogen (secondary N) is 1. The number of urea groups is 1. The number of aryl methyl sites for hydroxylation is 1. The lowest BCUT2D eigenvalue weighted by Gasteiger charge is -2.57. The predicted molar refractivity (Wildman–Crippen MR) is 152 cm³/mol. The van der Waals surface area contributed by atoms with Crippen LogP contribution in [-0.4, -0.2) is 29.5 Å². The standard InChI is InChI=1S/C33H33N3O4/c1-20-11-24(19-35(20)26-7-9-28(40-2)10-8-26)15-29-30(37)34-32(39)36(31(29)38)27-5-3-25(4-6-27)33-16-21-12-22(17-33)14-23(13-21)18-33/h3-11,15,19,21-23H,12-14,16-18H2,1-2H3,(H,34,37,39)/b29-15-. The third kappa shape index (κ3) is 4.07. The van der Waals surface area contributed by atoms with Gasteiger partial charge in [-0.25, -0.2) is 9.69 Å². The fraction of sp³-hybridized carbons (Fsp3) is 0.364. The second kappa shape index (κ2) is 9.22. The number of rotatable bonds is 5. The van der Waals surface area contributed by atoms with Crippen LogP contribution in [0.25, 0.3) is 11.8 Å². The van der Waals surface area contributed by atoms with Crippen molar-refractivity contribution in [2.24, 2.45) is 17.8 Å². The highest BCUT2D eigenvalue weighted by Gasteiger charge is 2.51. The Kier molecular flexibility index (Phi) is 5.73. The Balaban J connectivity index is 1.16. The van der Waals surface area contributed by atoms with Crippen molar-refractivity contribution in [1.29, 1.82) is 0 Å². The number of benzene rings is 2. The van der Waals surface area contributed by atoms with Crippen LogP contribution in [0, 0.1) is 24.7 Å². The molecular formula is C33H33N3O4. The normalized spacial score (nSPS) is 28.4. The number of barbiturate groups is 1. The Morgan fingerprint density at radius 2 is 1.48 bits per heavy atom. The number of hydrogen-bond acceptors (Lipinski definition) is 4. The summed E-state index contributed by atoms with van der Waals surface area (Å²) in [6, 6.07) is 16.7. The van der Waals surface area contributed by atoms with Crippen LogP contribution < -0.4 is 15.0 Å². The number of aromatic nitrogens is 1. The Bertz CT molecular complexity index is 1510. The van der Waals surface area contributed by atoms with Crippen molar-refractivity contribution in [3.63, 3.8) is 0 Å². The number of anilines is 1. The molecule has 4 aliphatic carbocycles. The quantitative estimate of drug-likeness (QED) is 0.324. The topological polar surface area (TPSA) is 80.6 Å². The summed E-state index contributed by atoms with van der Waals surface area (Å²) >= 11 is 0. The molecule has 1 N–H and O–H groups in total. The van der Waals surface area contributed by atoms with Crippen molar-refractivity contribution < 1.29 is 19.1 Å². The van der Waals surface area contributed by atoms with E-state index in [2.05, 4.69) is 17.4 Å². The average molecular weight is 536 g/mol. The monoisotopic (exact) mass is 535 g/mol. The van der Waals surface area contributed by atoms with E-state index < -0.39 is 17.8 Å². The van der Waals surface area contributed by atoms with Gasteiger partial charge in [-0.1, -0.05) is 12.1 Å². The molecule has 4 bridgehead atoms. The molecule has 3 aromatic rings. The van der Waals surface area contributed by atoms with Gasteiger partial charge in [0.05, 0.1) is 12.8 Å². The van der Waals surface area contributed by atoms with Crippen LogP contribution >= 0.6 is 0 Å². The second-order valence-electron chi connectivity index (χ2n) is 12.2. The van der Waals surface area contributed by atoms with E-state index in [1.165, 1.54) is 44.1 Å². The van der Waals surface area contributed by atoms with Crippen molar-refractivity contribution in [3.05, 3.63) is 83.2 Å². The molecule has 2 aromatic carbocycles. The molecule has 0 spiro atoms. The average Bonchev–Trinajstić information content (AvgIpc) is 3.30. The van der Waals surface area contributed by atoms with Crippen LogP contribution in [0.2, 0.25) is 0 Å². The fourth-order valence-corrected chi connectivity index (χ4v) is 8.19. The van der Waals surface area contributed by atoms with Gasteiger partial charge in [0, 0.05) is 17.6 Å². The first-order valence-corrected chi connectivity index (χ1v) is 14.2. The lowest BCUT2D eigenvalue weighted by Crippen LogP contribution is -2.54. The summed E-state index contributed by atoms with van der Waals surface area (Å²) in [5, 5.41) is 2.36. The highest BCUT2D eigenvalue weighted by Crippen LogP contribution is 2.60. The molecule has 4 saturated carbocycles. The molecule has 5 aliphatic rings. The van der Waals surface area contributed by atoms with Gasteiger partial charge in [-0.2, -0.15) is 0 Å². The molecule has 40 heavy (non-hydrogen) atoms. The molecular weight excluding hydrogens is 502 g/mol. The van der Waals surface area contributed by atoms with Gasteiger partial charge in [-0.15, -0.1) is 0 Å². The maximum atomic E-state index is 13.5. The molecule has 0 atom stereocenters. The number of hydrogen-bond donors (Lipinski definition) is 1. The van der Waals surface area contributed by atoms with Crippen LogP contribution in [0.1, 0.15) is 55.3 Å². The van der Waals surface area contributed by atoms with Crippen LogP contribution in [0.4, 0.5) is 10.5 Å². The predicted octanol–water partition coefficient (Wildman–Crippen LogP) is 5.93. The molecule has 2 heterocycles. The number of methoxy groups -OCH3 is 1. The highest BCUT2D eigenvalue weighted by molar-refractivity contribution is 6.39. The third-order valence-corrected chi connectivity index (χ3v) is 9.57. The van der Waals surface area contributed by atoms with Crippen molar-refractivity contribution in [1.82, 2.24) is 9.88 Å². The summed E-state index contributed by atoms with van der Waals surface area (Å²) in [5.74, 6) is 1.96. The fourth-order valence-electron chi connectivity index (χ4n) is 8.19. The molecule has 1 aliphatic heterocycles. The molecule has 1 aromatic heterocycles. The zero-order valence-corrected chi connectivity index (χ0v) is 22.9. The Labute approximate surface area is 233 Å². The molecule has 0 unspecified atom stereocenters. The first kappa shape index (κ1) is 24.9. The SMILES string of the molecule is COc1ccc(-n2cc(/C=C3/C(=O)NC(=O)N(c4ccc(C56CC7CC(CC(C7)C5)C6)cc4)C3=O)cc2C)cc1. The molecule has 5 fully saturated rings. The summed E-state index contributed by atoms with van der Waals surface area (Å²) in [5.41, 5.74) is 4.52. The Morgan fingerprint density at radius 1 is 0.875 bits per heavy atom. The zero-order valence-electron chi connectivity index (χ0n) is 22.9. The first-order valence-electron chi connectivity index (χ1n) is 14.2. The highest BCUT2D eigenvalue weighted by atomic mass is 16.5. The number of ether oxygens (including phenoxy) is 1. The smallest absolute Gasteiger partial charge is 0.335 e. The summed E-state index contributed by atoms with van der Waals surface area (Å²) in [6.07, 6.45) is 11.3. The number of carbonyl (C=O) groups is 3. The van der Waals surface area contributed by atoms with Gasteiger partial charge in [-0.05, 0) is 128 Å². The van der Waals surface area contributed by atoms with Crippen molar-refractivity contribution in [2.45, 2.75) is 50.9 Å². The molecule has 204 valence electrons. The van der Waals surface area contributed by atoms with Gasteiger partial charge in [-0.3, -0.25) is 14.9 Å². The first-order chi connectivity index (χ1) is 19.3. The minimum atomic E-state index is -0.721. The van der Waals surface area contributed by atoms with Crippen LogP contribution in [-0.2, 0) is 15.0 Å². The molecule has 7 nitrogen and oxygen atoms in total. The largest absolute Gasteiger partial charge is 0.497 e. The van der Waals surface area contributed by atoms with E-state index in [1.807, 2.05) is 60.2 Å². The van der Waals surface area contributed by atoms with Gasteiger partial charge >= 0.3 is 6.03 Å². The van der Waals surface area contributed by atoms with E-state index in [-0.39, 0.29) is 11.0 Å². The molecule has 7 heteroatoms. The number of amides is 4. The van der Waals surface area contributed by atoms with Gasteiger partial charge in [0.2, 0.25) is 0 Å². The van der Waals surface area contributed by atoms with E-state index in [0.29, 0.717) is 11.3 Å². The summed E-state index contributed by atoms with van der Waals surface area (Å²) in [7, 11) is 1.62. The summed E-state index contributed by atoms with van der Waals surface area (Å²) < 4.78 is 7.22. The molecule has 1 saturated heterocycles. The number of imide groups is 2. The van der Waals surface area contributed by atoms with Crippen molar-refractivity contribution in [2.75, 3.05) is 12.0 Å². The Hall–Kier alpha value is -4.13. The van der Waals surface area contributed by atoms with Gasteiger partial charge in [0.25, 0.3) is 11.8 Å². The third-order valence-electron chi connectivity index (χ3n) is 9.57. The van der Waals surface area contributed by atoms with Crippen LogP contribution in [0.15, 0.2) is 66.4 Å². The Morgan fingerprint density at radius 3 is 2.08 bits per heavy atom. The number of nitrogens with zero attached hydrogens (tertiary/aromatic N) is 2. The summed E-state index contributed by atoms with van der Waals surface area (Å²) in [6.45, 7) is 1.95. The lowest BCUT2D eigenvalue weighted by atomic mass is 9.48. The maximum Gasteiger partial charge on any atom is 0.335 e. The lowest BCUT2D eigenvalue weighted by molar-refractivity contribution is -0.122. The minimum Gasteiger partial charge on any atom is -0.497 e. The molecule has 4 amide bonds.